The second-order valence-electron chi connectivity index (χ2n) is 7.32. The molecule has 0 saturated carbocycles. The molecule has 1 amide bonds. The minimum absolute atomic E-state index is 0.0823. The fourth-order valence-corrected chi connectivity index (χ4v) is 4.44. The molecule has 0 saturated heterocycles. The van der Waals surface area contributed by atoms with Crippen molar-refractivity contribution in [2.75, 3.05) is 17.7 Å². The molecule has 1 N–H and O–H groups in total. The van der Waals surface area contributed by atoms with Crippen LogP contribution in [-0.4, -0.2) is 44.0 Å². The molecule has 9 nitrogen and oxygen atoms in total. The second kappa shape index (κ2) is 11.3. The summed E-state index contributed by atoms with van der Waals surface area (Å²) in [5, 5.41) is 14.0. The standard InChI is InChI=1S/C22H27N5O4S2/c1-6-30-19(29)10-16-11-32-21(23-16)24-18(28)12-33-22-26-25-20(27(22)5)15(4)31-17-9-7-8-13(2)14(17)3/h7-9,11,15H,6,10,12H2,1-5H3,(H,23,24,28). The predicted molar refractivity (Wildman–Crippen MR) is 128 cm³/mol. The van der Waals surface area contributed by atoms with Crippen molar-refractivity contribution in [2.24, 2.45) is 7.05 Å². The highest BCUT2D eigenvalue weighted by molar-refractivity contribution is 7.99. The molecular weight excluding hydrogens is 462 g/mol. The quantitative estimate of drug-likeness (QED) is 0.338. The van der Waals surface area contributed by atoms with Crippen LogP contribution in [0.3, 0.4) is 0 Å². The second-order valence-corrected chi connectivity index (χ2v) is 9.12. The maximum Gasteiger partial charge on any atom is 0.311 e. The molecule has 0 aliphatic carbocycles. The predicted octanol–water partition coefficient (Wildman–Crippen LogP) is 3.86. The van der Waals surface area contributed by atoms with Gasteiger partial charge in [-0.2, -0.15) is 0 Å². The highest BCUT2D eigenvalue weighted by Gasteiger charge is 2.19. The van der Waals surface area contributed by atoms with Gasteiger partial charge < -0.3 is 19.4 Å². The summed E-state index contributed by atoms with van der Waals surface area (Å²) in [5.74, 6) is 1.06. The molecule has 11 heteroatoms. The van der Waals surface area contributed by atoms with Gasteiger partial charge >= 0.3 is 5.97 Å². The number of aryl methyl sites for hydroxylation is 1. The summed E-state index contributed by atoms with van der Waals surface area (Å²) >= 11 is 2.54. The Hall–Kier alpha value is -2.92. The van der Waals surface area contributed by atoms with Crippen molar-refractivity contribution in [3.05, 3.63) is 46.2 Å². The van der Waals surface area contributed by atoms with Gasteiger partial charge in [-0.25, -0.2) is 4.98 Å². The highest BCUT2D eigenvalue weighted by Crippen LogP contribution is 2.27. The van der Waals surface area contributed by atoms with E-state index in [4.69, 9.17) is 9.47 Å². The molecule has 0 bridgehead atoms. The number of anilines is 1. The summed E-state index contributed by atoms with van der Waals surface area (Å²) < 4.78 is 12.8. The molecule has 0 aliphatic heterocycles. The van der Waals surface area contributed by atoms with E-state index in [1.165, 1.54) is 23.1 Å². The lowest BCUT2D eigenvalue weighted by atomic mass is 10.1. The first-order valence-electron chi connectivity index (χ1n) is 10.4. The Morgan fingerprint density at radius 2 is 2.06 bits per heavy atom. The van der Waals surface area contributed by atoms with Gasteiger partial charge in [0.05, 0.1) is 24.5 Å². The van der Waals surface area contributed by atoms with Crippen molar-refractivity contribution >= 4 is 40.1 Å². The number of carbonyl (C=O) groups excluding carboxylic acids is 2. The number of amides is 1. The van der Waals surface area contributed by atoms with Crippen LogP contribution < -0.4 is 10.1 Å². The van der Waals surface area contributed by atoms with E-state index in [0.29, 0.717) is 28.4 Å². The van der Waals surface area contributed by atoms with Crippen LogP contribution in [0, 0.1) is 13.8 Å². The summed E-state index contributed by atoms with van der Waals surface area (Å²) in [6, 6.07) is 5.94. The molecule has 0 fully saturated rings. The number of hydrogen-bond acceptors (Lipinski definition) is 9. The minimum atomic E-state index is -0.343. The third-order valence-corrected chi connectivity index (χ3v) is 6.68. The molecule has 1 unspecified atom stereocenters. The van der Waals surface area contributed by atoms with Crippen molar-refractivity contribution in [1.29, 1.82) is 0 Å². The number of esters is 1. The van der Waals surface area contributed by atoms with E-state index < -0.39 is 0 Å². The molecule has 3 aromatic rings. The van der Waals surface area contributed by atoms with Gasteiger partial charge in [0.25, 0.3) is 0 Å². The Kier molecular flexibility index (Phi) is 8.45. The molecule has 2 heterocycles. The number of thioether (sulfide) groups is 1. The Morgan fingerprint density at radius 1 is 1.27 bits per heavy atom. The monoisotopic (exact) mass is 489 g/mol. The van der Waals surface area contributed by atoms with Crippen LogP contribution in [0.15, 0.2) is 28.7 Å². The molecule has 33 heavy (non-hydrogen) atoms. The third kappa shape index (κ3) is 6.55. The van der Waals surface area contributed by atoms with Crippen LogP contribution in [0.25, 0.3) is 0 Å². The maximum atomic E-state index is 12.3. The number of aromatic nitrogens is 4. The number of nitrogens with one attached hydrogen (secondary N) is 1. The SMILES string of the molecule is CCOC(=O)Cc1csc(NC(=O)CSc2nnc(C(C)Oc3cccc(C)c3C)n2C)n1. The number of nitrogens with zero attached hydrogens (tertiary/aromatic N) is 4. The number of benzene rings is 1. The van der Waals surface area contributed by atoms with Crippen molar-refractivity contribution < 1.29 is 19.1 Å². The van der Waals surface area contributed by atoms with Gasteiger partial charge in [0, 0.05) is 12.4 Å². The maximum absolute atomic E-state index is 12.3. The van der Waals surface area contributed by atoms with Gasteiger partial charge in [0.1, 0.15) is 5.75 Å². The van der Waals surface area contributed by atoms with Gasteiger partial charge in [-0.1, -0.05) is 23.9 Å². The summed E-state index contributed by atoms with van der Waals surface area (Å²) in [6.45, 7) is 8.06. The molecule has 176 valence electrons. The van der Waals surface area contributed by atoms with E-state index in [1.54, 1.807) is 12.3 Å². The van der Waals surface area contributed by atoms with E-state index >= 15 is 0 Å². The number of rotatable bonds is 10. The summed E-state index contributed by atoms with van der Waals surface area (Å²) in [5.41, 5.74) is 2.82. The van der Waals surface area contributed by atoms with E-state index in [1.807, 2.05) is 50.6 Å². The van der Waals surface area contributed by atoms with Crippen LogP contribution in [-0.2, 0) is 27.8 Å². The first-order valence-corrected chi connectivity index (χ1v) is 12.3. The molecule has 0 spiro atoms. The average Bonchev–Trinajstić information content (AvgIpc) is 3.36. The molecule has 0 radical (unpaired) electrons. The lowest BCUT2D eigenvalue weighted by Crippen LogP contribution is -2.15. The van der Waals surface area contributed by atoms with Gasteiger partial charge in [-0.05, 0) is 44.9 Å². The lowest BCUT2D eigenvalue weighted by molar-refractivity contribution is -0.142. The lowest BCUT2D eigenvalue weighted by Gasteiger charge is -2.16. The van der Waals surface area contributed by atoms with Gasteiger partial charge in [0.15, 0.2) is 22.2 Å². The topological polar surface area (TPSA) is 108 Å². The van der Waals surface area contributed by atoms with Crippen LogP contribution in [0.2, 0.25) is 0 Å². The van der Waals surface area contributed by atoms with E-state index in [9.17, 15) is 9.59 Å². The summed E-state index contributed by atoms with van der Waals surface area (Å²) in [7, 11) is 1.85. The van der Waals surface area contributed by atoms with Crippen LogP contribution in [0.4, 0.5) is 5.13 Å². The van der Waals surface area contributed by atoms with Crippen molar-refractivity contribution in [3.63, 3.8) is 0 Å². The van der Waals surface area contributed by atoms with E-state index in [2.05, 4.69) is 20.5 Å². The Bertz CT molecular complexity index is 1130. The van der Waals surface area contributed by atoms with E-state index in [0.717, 1.165) is 16.9 Å². The first kappa shape index (κ1) is 24.7. The third-order valence-electron chi connectivity index (χ3n) is 4.85. The molecule has 1 aromatic carbocycles. The Balaban J connectivity index is 1.54. The van der Waals surface area contributed by atoms with Crippen molar-refractivity contribution in [3.8, 4) is 5.75 Å². The van der Waals surface area contributed by atoms with Gasteiger partial charge in [-0.3, -0.25) is 9.59 Å². The van der Waals surface area contributed by atoms with Crippen LogP contribution in [0.1, 0.15) is 42.6 Å². The molecule has 0 aliphatic rings. The number of carbonyl (C=O) groups is 2. The van der Waals surface area contributed by atoms with Crippen molar-refractivity contribution in [1.82, 2.24) is 19.7 Å². The fourth-order valence-electron chi connectivity index (χ4n) is 2.99. The van der Waals surface area contributed by atoms with Crippen LogP contribution >= 0.6 is 23.1 Å². The zero-order valence-corrected chi connectivity index (χ0v) is 20.9. The molecule has 3 rings (SSSR count). The van der Waals surface area contributed by atoms with E-state index in [-0.39, 0.29) is 30.2 Å². The highest BCUT2D eigenvalue weighted by atomic mass is 32.2. The smallest absolute Gasteiger partial charge is 0.311 e. The normalized spacial score (nSPS) is 11.8. The summed E-state index contributed by atoms with van der Waals surface area (Å²) in [6.07, 6.45) is -0.224. The molecule has 1 atom stereocenters. The molecule has 2 aromatic heterocycles. The van der Waals surface area contributed by atoms with Gasteiger partial charge in [0.2, 0.25) is 5.91 Å². The van der Waals surface area contributed by atoms with Gasteiger partial charge in [-0.15, -0.1) is 21.5 Å². The Morgan fingerprint density at radius 3 is 2.82 bits per heavy atom. The average molecular weight is 490 g/mol. The minimum Gasteiger partial charge on any atom is -0.482 e. The number of hydrogen-bond donors (Lipinski definition) is 1. The fraction of sp³-hybridized carbons (Fsp3) is 0.409. The van der Waals surface area contributed by atoms with Crippen LogP contribution in [0.5, 0.6) is 5.75 Å². The number of thiazole rings is 1. The largest absolute Gasteiger partial charge is 0.482 e. The molecular formula is C22H27N5O4S2. The first-order chi connectivity index (χ1) is 15.8. The van der Waals surface area contributed by atoms with Crippen molar-refractivity contribution in [2.45, 2.75) is 45.4 Å². The summed E-state index contributed by atoms with van der Waals surface area (Å²) in [4.78, 5) is 28.1. The zero-order chi connectivity index (χ0) is 24.0. The Labute approximate surface area is 200 Å². The number of ether oxygens (including phenoxy) is 2. The zero-order valence-electron chi connectivity index (χ0n) is 19.2.